The highest BCUT2D eigenvalue weighted by Gasteiger charge is 2.12. The van der Waals surface area contributed by atoms with Crippen molar-refractivity contribution in [2.75, 3.05) is 18.5 Å². The summed E-state index contributed by atoms with van der Waals surface area (Å²) in [6, 6.07) is 11.1. The Bertz CT molecular complexity index is 706. The van der Waals surface area contributed by atoms with Gasteiger partial charge >= 0.3 is 6.03 Å². The van der Waals surface area contributed by atoms with Crippen molar-refractivity contribution in [2.45, 2.75) is 20.0 Å². The Labute approximate surface area is 140 Å². The van der Waals surface area contributed by atoms with E-state index in [1.165, 1.54) is 12.1 Å². The van der Waals surface area contributed by atoms with Crippen LogP contribution in [0.1, 0.15) is 24.2 Å². The van der Waals surface area contributed by atoms with Crippen molar-refractivity contribution in [3.63, 3.8) is 0 Å². The fourth-order valence-electron chi connectivity index (χ4n) is 2.29. The molecule has 2 aromatic rings. The number of aliphatic hydroxyl groups excluding tert-OH is 1. The molecular weight excluding hydrogens is 311 g/mol. The number of anilines is 1. The number of amides is 2. The number of hydrogen-bond donors (Lipinski definition) is 3. The topological polar surface area (TPSA) is 70.6 Å². The molecule has 0 aliphatic carbocycles. The fraction of sp³-hybridized carbons (Fsp3) is 0.278. The number of urea groups is 1. The van der Waals surface area contributed by atoms with Crippen LogP contribution in [-0.4, -0.2) is 24.3 Å². The fourth-order valence-corrected chi connectivity index (χ4v) is 2.29. The predicted molar refractivity (Wildman–Crippen MR) is 90.7 cm³/mol. The molecule has 1 atom stereocenters. The smallest absolute Gasteiger partial charge is 0.319 e. The molecule has 0 saturated heterocycles. The van der Waals surface area contributed by atoms with Gasteiger partial charge in [-0.15, -0.1) is 0 Å². The summed E-state index contributed by atoms with van der Waals surface area (Å²) in [6.07, 6.45) is -0.811. The van der Waals surface area contributed by atoms with Crippen molar-refractivity contribution in [3.05, 3.63) is 59.4 Å². The molecule has 0 aliphatic rings. The van der Waals surface area contributed by atoms with Crippen LogP contribution in [0.4, 0.5) is 14.9 Å². The number of carbonyl (C=O) groups excluding carboxylic acids is 1. The second-order valence-electron chi connectivity index (χ2n) is 5.29. The molecule has 2 aromatic carbocycles. The van der Waals surface area contributed by atoms with Gasteiger partial charge in [0.15, 0.2) is 11.6 Å². The SMILES string of the molecule is CCOc1ccc(NC(=O)NCC(O)c2ccccc2C)cc1F. The molecule has 24 heavy (non-hydrogen) atoms. The first kappa shape index (κ1) is 17.7. The van der Waals surface area contributed by atoms with Crippen LogP contribution >= 0.6 is 0 Å². The Hall–Kier alpha value is -2.60. The van der Waals surface area contributed by atoms with Gasteiger partial charge in [0.05, 0.1) is 12.7 Å². The number of rotatable bonds is 6. The summed E-state index contributed by atoms with van der Waals surface area (Å²) in [5, 5.41) is 15.2. The molecule has 3 N–H and O–H groups in total. The van der Waals surface area contributed by atoms with E-state index in [2.05, 4.69) is 10.6 Å². The predicted octanol–water partition coefficient (Wildman–Crippen LogP) is 3.39. The summed E-state index contributed by atoms with van der Waals surface area (Å²) in [5.41, 5.74) is 2.00. The van der Waals surface area contributed by atoms with Crippen molar-refractivity contribution in [3.8, 4) is 5.75 Å². The lowest BCUT2D eigenvalue weighted by atomic mass is 10.0. The maximum Gasteiger partial charge on any atom is 0.319 e. The van der Waals surface area contributed by atoms with Crippen molar-refractivity contribution >= 4 is 11.7 Å². The molecule has 0 bridgehead atoms. The summed E-state index contributed by atoms with van der Waals surface area (Å²) in [5.74, 6) is -0.409. The first-order valence-corrected chi connectivity index (χ1v) is 7.72. The largest absolute Gasteiger partial charge is 0.491 e. The van der Waals surface area contributed by atoms with E-state index in [1.807, 2.05) is 25.1 Å². The van der Waals surface area contributed by atoms with Crippen molar-refractivity contribution < 1.29 is 19.0 Å². The normalized spacial score (nSPS) is 11.7. The maximum absolute atomic E-state index is 13.7. The second kappa shape index (κ2) is 8.31. The van der Waals surface area contributed by atoms with Crippen LogP contribution < -0.4 is 15.4 Å². The van der Waals surface area contributed by atoms with E-state index >= 15 is 0 Å². The van der Waals surface area contributed by atoms with Crippen LogP contribution in [0.3, 0.4) is 0 Å². The van der Waals surface area contributed by atoms with Crippen molar-refractivity contribution in [1.29, 1.82) is 0 Å². The first-order valence-electron chi connectivity index (χ1n) is 7.72. The molecule has 0 aliphatic heterocycles. The Morgan fingerprint density at radius 1 is 1.29 bits per heavy atom. The summed E-state index contributed by atoms with van der Waals surface area (Å²) >= 11 is 0. The Kier molecular flexibility index (Phi) is 6.14. The average molecular weight is 332 g/mol. The van der Waals surface area contributed by atoms with Gasteiger partial charge in [-0.05, 0) is 37.1 Å². The highest BCUT2D eigenvalue weighted by atomic mass is 19.1. The van der Waals surface area contributed by atoms with Gasteiger partial charge in [-0.1, -0.05) is 24.3 Å². The van der Waals surface area contributed by atoms with Gasteiger partial charge in [-0.3, -0.25) is 0 Å². The van der Waals surface area contributed by atoms with Gasteiger partial charge in [0.2, 0.25) is 0 Å². The Balaban J connectivity index is 1.89. The molecule has 1 unspecified atom stereocenters. The molecule has 0 aromatic heterocycles. The summed E-state index contributed by atoms with van der Waals surface area (Å²) in [4.78, 5) is 11.9. The molecule has 0 radical (unpaired) electrons. The monoisotopic (exact) mass is 332 g/mol. The molecule has 0 heterocycles. The minimum Gasteiger partial charge on any atom is -0.491 e. The van der Waals surface area contributed by atoms with Crippen LogP contribution in [0.5, 0.6) is 5.75 Å². The van der Waals surface area contributed by atoms with Gasteiger partial charge in [0.1, 0.15) is 0 Å². The number of ether oxygens (including phenoxy) is 1. The van der Waals surface area contributed by atoms with Gasteiger partial charge < -0.3 is 20.5 Å². The van der Waals surface area contributed by atoms with E-state index in [9.17, 15) is 14.3 Å². The van der Waals surface area contributed by atoms with E-state index in [-0.39, 0.29) is 12.3 Å². The summed E-state index contributed by atoms with van der Waals surface area (Å²) in [6.45, 7) is 4.07. The van der Waals surface area contributed by atoms with Crippen LogP contribution in [0.2, 0.25) is 0 Å². The molecule has 2 rings (SSSR count). The third kappa shape index (κ3) is 4.70. The van der Waals surface area contributed by atoms with Gasteiger partial charge in [-0.25, -0.2) is 9.18 Å². The number of nitrogens with one attached hydrogen (secondary N) is 2. The number of aliphatic hydroxyl groups is 1. The lowest BCUT2D eigenvalue weighted by Gasteiger charge is -2.15. The highest BCUT2D eigenvalue weighted by molar-refractivity contribution is 5.89. The van der Waals surface area contributed by atoms with Crippen LogP contribution in [-0.2, 0) is 0 Å². The number of halogens is 1. The van der Waals surface area contributed by atoms with Crippen LogP contribution in [0.25, 0.3) is 0 Å². The molecule has 128 valence electrons. The van der Waals surface area contributed by atoms with Gasteiger partial charge in [-0.2, -0.15) is 0 Å². The highest BCUT2D eigenvalue weighted by Crippen LogP contribution is 2.21. The number of hydrogen-bond acceptors (Lipinski definition) is 3. The lowest BCUT2D eigenvalue weighted by molar-refractivity contribution is 0.174. The third-order valence-electron chi connectivity index (χ3n) is 3.49. The molecule has 0 spiro atoms. The quantitative estimate of drug-likeness (QED) is 0.759. The van der Waals surface area contributed by atoms with E-state index in [0.717, 1.165) is 11.1 Å². The van der Waals surface area contributed by atoms with E-state index in [4.69, 9.17) is 4.74 Å². The number of benzene rings is 2. The molecular formula is C18H21FN2O3. The first-order chi connectivity index (χ1) is 11.5. The number of carbonyl (C=O) groups is 1. The van der Waals surface area contributed by atoms with E-state index in [1.54, 1.807) is 19.1 Å². The molecule has 0 saturated carbocycles. The zero-order chi connectivity index (χ0) is 17.5. The van der Waals surface area contributed by atoms with Crippen LogP contribution in [0, 0.1) is 12.7 Å². The standard InChI is InChI=1S/C18H21FN2O3/c1-3-24-17-9-8-13(10-15(17)19)21-18(23)20-11-16(22)14-7-5-4-6-12(14)2/h4-10,16,22H,3,11H2,1-2H3,(H2,20,21,23). The molecule has 5 nitrogen and oxygen atoms in total. The molecule has 2 amide bonds. The Morgan fingerprint density at radius 2 is 2.04 bits per heavy atom. The summed E-state index contributed by atoms with van der Waals surface area (Å²) in [7, 11) is 0. The minimum atomic E-state index is -0.811. The van der Waals surface area contributed by atoms with Crippen molar-refractivity contribution in [1.82, 2.24) is 5.32 Å². The van der Waals surface area contributed by atoms with Crippen LogP contribution in [0.15, 0.2) is 42.5 Å². The minimum absolute atomic E-state index is 0.0518. The second-order valence-corrected chi connectivity index (χ2v) is 5.29. The Morgan fingerprint density at radius 3 is 2.71 bits per heavy atom. The van der Waals surface area contributed by atoms with Gasteiger partial charge in [0, 0.05) is 18.3 Å². The number of aryl methyl sites for hydroxylation is 1. The maximum atomic E-state index is 13.7. The zero-order valence-corrected chi connectivity index (χ0v) is 13.7. The average Bonchev–Trinajstić information content (AvgIpc) is 2.56. The van der Waals surface area contributed by atoms with Crippen molar-refractivity contribution in [2.24, 2.45) is 0 Å². The van der Waals surface area contributed by atoms with Gasteiger partial charge in [0.25, 0.3) is 0 Å². The summed E-state index contributed by atoms with van der Waals surface area (Å²) < 4.78 is 18.8. The molecule has 6 heteroatoms. The van der Waals surface area contributed by atoms with E-state index in [0.29, 0.717) is 12.3 Å². The van der Waals surface area contributed by atoms with E-state index < -0.39 is 18.0 Å². The lowest BCUT2D eigenvalue weighted by Crippen LogP contribution is -2.32. The third-order valence-corrected chi connectivity index (χ3v) is 3.49. The zero-order valence-electron chi connectivity index (χ0n) is 13.7. The molecule has 0 fully saturated rings.